The van der Waals surface area contributed by atoms with Crippen molar-refractivity contribution in [2.24, 2.45) is 7.05 Å². The SMILES string of the molecule is C=C(c1cn(C)c2ccccc12)N1CCC(c2nc3ccccc3s2)CC1. The van der Waals surface area contributed by atoms with Gasteiger partial charge in [-0.05, 0) is 31.0 Å². The van der Waals surface area contributed by atoms with E-state index < -0.39 is 0 Å². The van der Waals surface area contributed by atoms with Crippen molar-refractivity contribution in [2.75, 3.05) is 13.1 Å². The second-order valence-electron chi connectivity index (χ2n) is 7.40. The average molecular weight is 374 g/mol. The number of piperidine rings is 1. The largest absolute Gasteiger partial charge is 0.371 e. The number of para-hydroxylation sites is 2. The van der Waals surface area contributed by atoms with Gasteiger partial charge in [-0.25, -0.2) is 4.98 Å². The first kappa shape index (κ1) is 16.6. The van der Waals surface area contributed by atoms with E-state index in [1.165, 1.54) is 26.2 Å². The van der Waals surface area contributed by atoms with Gasteiger partial charge in [-0.2, -0.15) is 0 Å². The molecule has 0 N–H and O–H groups in total. The van der Waals surface area contributed by atoms with Gasteiger partial charge in [-0.1, -0.05) is 36.9 Å². The van der Waals surface area contributed by atoms with Crippen LogP contribution in [0.25, 0.3) is 26.8 Å². The molecule has 3 heterocycles. The lowest BCUT2D eigenvalue weighted by Crippen LogP contribution is -2.31. The van der Waals surface area contributed by atoms with Crippen LogP contribution in [-0.2, 0) is 7.05 Å². The molecular weight excluding hydrogens is 350 g/mol. The highest BCUT2D eigenvalue weighted by atomic mass is 32.1. The highest BCUT2D eigenvalue weighted by Crippen LogP contribution is 2.36. The van der Waals surface area contributed by atoms with Crippen molar-refractivity contribution in [2.45, 2.75) is 18.8 Å². The average Bonchev–Trinajstić information content (AvgIpc) is 3.29. The molecule has 0 unspecified atom stereocenters. The van der Waals surface area contributed by atoms with Crippen LogP contribution in [-0.4, -0.2) is 27.5 Å². The molecule has 0 radical (unpaired) electrons. The molecule has 4 aromatic rings. The number of aromatic nitrogens is 2. The monoisotopic (exact) mass is 373 g/mol. The molecule has 1 saturated heterocycles. The van der Waals surface area contributed by atoms with Gasteiger partial charge >= 0.3 is 0 Å². The highest BCUT2D eigenvalue weighted by molar-refractivity contribution is 7.18. The predicted molar refractivity (Wildman–Crippen MR) is 115 cm³/mol. The van der Waals surface area contributed by atoms with Crippen LogP contribution in [0.1, 0.15) is 29.3 Å². The summed E-state index contributed by atoms with van der Waals surface area (Å²) < 4.78 is 3.50. The Labute approximate surface area is 163 Å². The van der Waals surface area contributed by atoms with Crippen molar-refractivity contribution in [3.63, 3.8) is 0 Å². The number of hydrogen-bond donors (Lipinski definition) is 0. The van der Waals surface area contributed by atoms with Crippen LogP contribution in [0.2, 0.25) is 0 Å². The van der Waals surface area contributed by atoms with Gasteiger partial charge in [0.2, 0.25) is 0 Å². The molecular formula is C23H23N3S. The second kappa shape index (κ2) is 6.54. The summed E-state index contributed by atoms with van der Waals surface area (Å²) in [7, 11) is 2.11. The van der Waals surface area contributed by atoms with Gasteiger partial charge < -0.3 is 9.47 Å². The molecule has 1 fully saturated rings. The van der Waals surface area contributed by atoms with Gasteiger partial charge in [-0.15, -0.1) is 11.3 Å². The minimum atomic E-state index is 0.568. The van der Waals surface area contributed by atoms with Gasteiger partial charge in [0.15, 0.2) is 0 Å². The number of fused-ring (bicyclic) bond motifs is 2. The molecule has 27 heavy (non-hydrogen) atoms. The zero-order chi connectivity index (χ0) is 18.4. The third-order valence-corrected chi connectivity index (χ3v) is 6.94. The lowest BCUT2D eigenvalue weighted by Gasteiger charge is -2.34. The summed E-state index contributed by atoms with van der Waals surface area (Å²) >= 11 is 1.86. The van der Waals surface area contributed by atoms with Crippen molar-refractivity contribution >= 4 is 38.2 Å². The first-order chi connectivity index (χ1) is 13.2. The van der Waals surface area contributed by atoms with Gasteiger partial charge in [0, 0.05) is 54.4 Å². The Balaban J connectivity index is 1.34. The van der Waals surface area contributed by atoms with E-state index in [0.29, 0.717) is 5.92 Å². The normalized spacial score (nSPS) is 15.7. The summed E-state index contributed by atoms with van der Waals surface area (Å²) in [5, 5.41) is 2.59. The lowest BCUT2D eigenvalue weighted by atomic mass is 9.96. The molecule has 0 bridgehead atoms. The molecule has 2 aromatic carbocycles. The van der Waals surface area contributed by atoms with Crippen molar-refractivity contribution < 1.29 is 0 Å². The Hall–Kier alpha value is -2.59. The molecule has 0 amide bonds. The maximum atomic E-state index is 4.88. The van der Waals surface area contributed by atoms with Crippen LogP contribution in [0, 0.1) is 0 Å². The predicted octanol–water partition coefficient (Wildman–Crippen LogP) is 5.64. The molecule has 3 nitrogen and oxygen atoms in total. The molecule has 0 saturated carbocycles. The van der Waals surface area contributed by atoms with E-state index >= 15 is 0 Å². The lowest BCUT2D eigenvalue weighted by molar-refractivity contribution is 0.299. The van der Waals surface area contributed by atoms with Gasteiger partial charge in [0.05, 0.1) is 15.2 Å². The van der Waals surface area contributed by atoms with E-state index in [1.807, 2.05) is 11.3 Å². The first-order valence-corrected chi connectivity index (χ1v) is 10.4. The maximum absolute atomic E-state index is 4.88. The summed E-state index contributed by atoms with van der Waals surface area (Å²) in [4.78, 5) is 7.33. The Kier molecular flexibility index (Phi) is 4.01. The molecule has 1 aliphatic rings. The van der Waals surface area contributed by atoms with Crippen molar-refractivity contribution in [3.05, 3.63) is 71.9 Å². The topological polar surface area (TPSA) is 21.1 Å². The van der Waals surface area contributed by atoms with Crippen LogP contribution in [0.4, 0.5) is 0 Å². The summed E-state index contributed by atoms with van der Waals surface area (Å²) in [6.07, 6.45) is 4.50. The zero-order valence-corrected chi connectivity index (χ0v) is 16.4. The molecule has 2 aromatic heterocycles. The molecule has 136 valence electrons. The van der Waals surface area contributed by atoms with Crippen LogP contribution >= 0.6 is 11.3 Å². The van der Waals surface area contributed by atoms with Crippen LogP contribution in [0.5, 0.6) is 0 Å². The number of nitrogens with zero attached hydrogens (tertiary/aromatic N) is 3. The van der Waals surface area contributed by atoms with Gasteiger partial charge in [0.25, 0.3) is 0 Å². The fourth-order valence-electron chi connectivity index (χ4n) is 4.20. The number of likely N-dealkylation sites (tertiary alicyclic amines) is 1. The van der Waals surface area contributed by atoms with Crippen molar-refractivity contribution in [1.82, 2.24) is 14.5 Å². The Morgan fingerprint density at radius 1 is 1.07 bits per heavy atom. The fourth-order valence-corrected chi connectivity index (χ4v) is 5.34. The molecule has 0 atom stereocenters. The van der Waals surface area contributed by atoms with Crippen LogP contribution < -0.4 is 0 Å². The third kappa shape index (κ3) is 2.85. The number of rotatable bonds is 3. The van der Waals surface area contributed by atoms with E-state index in [2.05, 4.69) is 77.8 Å². The molecule has 4 heteroatoms. The van der Waals surface area contributed by atoms with E-state index in [4.69, 9.17) is 4.98 Å². The number of benzene rings is 2. The molecule has 5 rings (SSSR count). The van der Waals surface area contributed by atoms with Crippen molar-refractivity contribution in [3.8, 4) is 0 Å². The molecule has 0 spiro atoms. The minimum absolute atomic E-state index is 0.568. The van der Waals surface area contributed by atoms with E-state index in [1.54, 1.807) is 0 Å². The summed E-state index contributed by atoms with van der Waals surface area (Å²) in [5.74, 6) is 0.568. The Bertz CT molecular complexity index is 1100. The quantitative estimate of drug-likeness (QED) is 0.463. The van der Waals surface area contributed by atoms with E-state index in [0.717, 1.165) is 37.1 Å². The van der Waals surface area contributed by atoms with Crippen LogP contribution in [0.3, 0.4) is 0 Å². The number of aryl methyl sites for hydroxylation is 1. The Morgan fingerprint density at radius 2 is 1.81 bits per heavy atom. The summed E-state index contributed by atoms with van der Waals surface area (Å²) in [6.45, 7) is 6.53. The summed E-state index contributed by atoms with van der Waals surface area (Å²) in [6, 6.07) is 17.0. The minimum Gasteiger partial charge on any atom is -0.371 e. The fraction of sp³-hybridized carbons (Fsp3) is 0.261. The standard InChI is InChI=1S/C23H23N3S/c1-16(19-15-25(2)21-9-5-3-7-18(19)21)26-13-11-17(12-14-26)23-24-20-8-4-6-10-22(20)27-23/h3-10,15,17H,1,11-14H2,2H3. The van der Waals surface area contributed by atoms with E-state index in [9.17, 15) is 0 Å². The zero-order valence-electron chi connectivity index (χ0n) is 15.6. The summed E-state index contributed by atoms with van der Waals surface area (Å²) in [5.41, 5.74) is 4.80. The van der Waals surface area contributed by atoms with E-state index in [-0.39, 0.29) is 0 Å². The Morgan fingerprint density at radius 3 is 2.63 bits per heavy atom. The second-order valence-corrected chi connectivity index (χ2v) is 8.46. The number of thiazole rings is 1. The van der Waals surface area contributed by atoms with Crippen LogP contribution in [0.15, 0.2) is 61.3 Å². The molecule has 0 aliphatic carbocycles. The number of hydrogen-bond acceptors (Lipinski definition) is 3. The van der Waals surface area contributed by atoms with Gasteiger partial charge in [-0.3, -0.25) is 0 Å². The highest BCUT2D eigenvalue weighted by Gasteiger charge is 2.25. The third-order valence-electron chi connectivity index (χ3n) is 5.74. The maximum Gasteiger partial charge on any atom is 0.0970 e. The smallest absolute Gasteiger partial charge is 0.0970 e. The van der Waals surface area contributed by atoms with Crippen molar-refractivity contribution in [1.29, 1.82) is 0 Å². The first-order valence-electron chi connectivity index (χ1n) is 9.54. The molecule has 1 aliphatic heterocycles. The van der Waals surface area contributed by atoms with Gasteiger partial charge in [0.1, 0.15) is 0 Å².